The number of hydrogen-bond acceptors (Lipinski definition) is 4. The Kier molecular flexibility index (Phi) is 6.44. The summed E-state index contributed by atoms with van der Waals surface area (Å²) in [5.74, 6) is -0.239. The highest BCUT2D eigenvalue weighted by Gasteiger charge is 2.34. The fourth-order valence-electron chi connectivity index (χ4n) is 3.23. The average molecular weight is 432 g/mol. The summed E-state index contributed by atoms with van der Waals surface area (Å²) in [5, 5.41) is 8.81. The number of nitrogens with zero attached hydrogens (tertiary/aromatic N) is 3. The highest BCUT2D eigenvalue weighted by molar-refractivity contribution is 7.12. The minimum absolute atomic E-state index is 0.000222. The van der Waals surface area contributed by atoms with Crippen LogP contribution in [-0.2, 0) is 9.59 Å². The van der Waals surface area contributed by atoms with Crippen molar-refractivity contribution in [1.29, 1.82) is 0 Å². The summed E-state index contributed by atoms with van der Waals surface area (Å²) >= 11 is 7.64. The summed E-state index contributed by atoms with van der Waals surface area (Å²) in [4.78, 5) is 28.1. The summed E-state index contributed by atoms with van der Waals surface area (Å²) in [6, 6.07) is 11.3. The number of halogens is 1. The number of thiophene rings is 1. The predicted octanol–water partition coefficient (Wildman–Crippen LogP) is 4.97. The molecule has 0 saturated heterocycles. The van der Waals surface area contributed by atoms with Crippen molar-refractivity contribution in [3.63, 3.8) is 0 Å². The third kappa shape index (κ3) is 5.46. The summed E-state index contributed by atoms with van der Waals surface area (Å²) in [5.41, 5.74) is 1.73. The van der Waals surface area contributed by atoms with Gasteiger partial charge in [-0.3, -0.25) is 9.59 Å². The Balaban J connectivity index is 1.80. The van der Waals surface area contributed by atoms with Gasteiger partial charge in [-0.15, -0.1) is 11.3 Å². The monoisotopic (exact) mass is 431 g/mol. The van der Waals surface area contributed by atoms with Crippen LogP contribution in [0.1, 0.15) is 50.1 Å². The van der Waals surface area contributed by atoms with Crippen molar-refractivity contribution in [2.75, 3.05) is 13.6 Å². The molecular weight excluding hydrogens is 406 g/mol. The molecule has 0 aliphatic carbocycles. The van der Waals surface area contributed by atoms with Crippen molar-refractivity contribution in [2.24, 2.45) is 10.5 Å². The zero-order chi connectivity index (χ0) is 21.2. The summed E-state index contributed by atoms with van der Waals surface area (Å²) < 4.78 is 0. The lowest BCUT2D eigenvalue weighted by atomic mass is 9.92. The maximum atomic E-state index is 13.1. The smallest absolute Gasteiger partial charge is 0.262 e. The van der Waals surface area contributed by atoms with Gasteiger partial charge in [-0.2, -0.15) is 5.10 Å². The third-order valence-electron chi connectivity index (χ3n) is 4.71. The van der Waals surface area contributed by atoms with E-state index in [9.17, 15) is 9.59 Å². The minimum Gasteiger partial charge on any atom is -0.336 e. The van der Waals surface area contributed by atoms with Crippen LogP contribution in [0.25, 0.3) is 0 Å². The SMILES string of the molecule is CN(CC(=O)N1N=C(c2cccs2)C[C@@H]1c1ccc(Cl)cc1)C(=O)CC(C)(C)C. The number of benzene rings is 1. The molecule has 5 nitrogen and oxygen atoms in total. The van der Waals surface area contributed by atoms with Crippen molar-refractivity contribution < 1.29 is 9.59 Å². The van der Waals surface area contributed by atoms with Crippen LogP contribution in [0.3, 0.4) is 0 Å². The van der Waals surface area contributed by atoms with E-state index in [1.807, 2.05) is 62.5 Å². The van der Waals surface area contributed by atoms with E-state index in [0.29, 0.717) is 17.9 Å². The first-order valence-electron chi connectivity index (χ1n) is 9.57. The number of likely N-dealkylation sites (N-methyl/N-ethyl adjacent to an activating group) is 1. The summed E-state index contributed by atoms with van der Waals surface area (Å²) in [6.45, 7) is 6.03. The van der Waals surface area contributed by atoms with Crippen LogP contribution in [0.15, 0.2) is 46.9 Å². The second-order valence-corrected chi connectivity index (χ2v) is 9.91. The molecule has 0 radical (unpaired) electrons. The van der Waals surface area contributed by atoms with Crippen molar-refractivity contribution in [2.45, 2.75) is 39.7 Å². The number of rotatable bonds is 5. The lowest BCUT2D eigenvalue weighted by molar-refractivity contribution is -0.141. The van der Waals surface area contributed by atoms with Crippen molar-refractivity contribution in [3.8, 4) is 0 Å². The first kappa shape index (κ1) is 21.5. The Labute approximate surface area is 181 Å². The molecule has 0 N–H and O–H groups in total. The number of carbonyl (C=O) groups is 2. The Hall–Kier alpha value is -2.18. The van der Waals surface area contributed by atoms with Crippen LogP contribution in [0, 0.1) is 5.41 Å². The molecule has 1 aliphatic heterocycles. The van der Waals surface area contributed by atoms with Gasteiger partial charge in [-0.25, -0.2) is 5.01 Å². The molecule has 29 heavy (non-hydrogen) atoms. The first-order chi connectivity index (χ1) is 13.6. The summed E-state index contributed by atoms with van der Waals surface area (Å²) in [7, 11) is 1.67. The van der Waals surface area contributed by atoms with Gasteiger partial charge in [-0.1, -0.05) is 50.6 Å². The molecule has 3 rings (SSSR count). The maximum absolute atomic E-state index is 13.1. The largest absolute Gasteiger partial charge is 0.336 e. The molecule has 2 aromatic rings. The standard InChI is InChI=1S/C22H26ClN3O2S/c1-22(2,3)13-20(27)25(4)14-21(28)26-18(15-7-9-16(23)10-8-15)12-17(24-26)19-6-5-11-29-19/h5-11,18H,12-14H2,1-4H3/t18-/m1/s1. The molecule has 0 fully saturated rings. The lowest BCUT2D eigenvalue weighted by Crippen LogP contribution is -2.40. The summed E-state index contributed by atoms with van der Waals surface area (Å²) in [6.07, 6.45) is 1.02. The quantitative estimate of drug-likeness (QED) is 0.670. The van der Waals surface area contributed by atoms with Gasteiger partial charge in [-0.05, 0) is 34.6 Å². The van der Waals surface area contributed by atoms with E-state index in [1.54, 1.807) is 18.4 Å². The molecule has 7 heteroatoms. The van der Waals surface area contributed by atoms with Gasteiger partial charge >= 0.3 is 0 Å². The highest BCUT2D eigenvalue weighted by atomic mass is 35.5. The zero-order valence-corrected chi connectivity index (χ0v) is 18.8. The van der Waals surface area contributed by atoms with Crippen LogP contribution >= 0.6 is 22.9 Å². The van der Waals surface area contributed by atoms with Crippen molar-refractivity contribution in [1.82, 2.24) is 9.91 Å². The fourth-order valence-corrected chi connectivity index (χ4v) is 4.08. The van der Waals surface area contributed by atoms with Crippen LogP contribution < -0.4 is 0 Å². The van der Waals surface area contributed by atoms with Crippen LogP contribution in [0.5, 0.6) is 0 Å². The third-order valence-corrected chi connectivity index (χ3v) is 5.88. The molecule has 0 saturated carbocycles. The molecule has 0 unspecified atom stereocenters. The van der Waals surface area contributed by atoms with Crippen molar-refractivity contribution >= 4 is 40.5 Å². The van der Waals surface area contributed by atoms with E-state index in [1.165, 1.54) is 9.91 Å². The van der Waals surface area contributed by atoms with Crippen LogP contribution in [0.4, 0.5) is 0 Å². The number of hydrazone groups is 1. The number of amides is 2. The van der Waals surface area contributed by atoms with Crippen molar-refractivity contribution in [3.05, 3.63) is 57.2 Å². The molecular formula is C22H26ClN3O2S. The molecule has 1 aromatic heterocycles. The van der Waals surface area contributed by atoms with Crippen LogP contribution in [-0.4, -0.2) is 41.0 Å². The molecule has 0 spiro atoms. The van der Waals surface area contributed by atoms with E-state index in [0.717, 1.165) is 16.2 Å². The van der Waals surface area contributed by atoms with E-state index < -0.39 is 0 Å². The first-order valence-corrected chi connectivity index (χ1v) is 10.8. The molecule has 1 aromatic carbocycles. The van der Waals surface area contributed by atoms with Crippen LogP contribution in [0.2, 0.25) is 5.02 Å². The van der Waals surface area contributed by atoms with Gasteiger partial charge < -0.3 is 4.90 Å². The molecule has 0 bridgehead atoms. The van der Waals surface area contributed by atoms with Gasteiger partial charge in [0.15, 0.2) is 0 Å². The Morgan fingerprint density at radius 1 is 1.24 bits per heavy atom. The highest BCUT2D eigenvalue weighted by Crippen LogP contribution is 2.34. The van der Waals surface area contributed by atoms with Gasteiger partial charge in [0, 0.05) is 24.9 Å². The van der Waals surface area contributed by atoms with E-state index in [4.69, 9.17) is 11.6 Å². The Morgan fingerprint density at radius 2 is 1.93 bits per heavy atom. The van der Waals surface area contributed by atoms with Gasteiger partial charge in [0.2, 0.25) is 5.91 Å². The predicted molar refractivity (Wildman–Crippen MR) is 118 cm³/mol. The minimum atomic E-state index is -0.206. The molecule has 1 aliphatic rings. The van der Waals surface area contributed by atoms with Gasteiger partial charge in [0.1, 0.15) is 6.54 Å². The van der Waals surface area contributed by atoms with E-state index in [2.05, 4.69) is 5.10 Å². The van der Waals surface area contributed by atoms with Gasteiger partial charge in [0.25, 0.3) is 5.91 Å². The molecule has 1 atom stereocenters. The van der Waals surface area contributed by atoms with Gasteiger partial charge in [0.05, 0.1) is 16.6 Å². The zero-order valence-electron chi connectivity index (χ0n) is 17.2. The Morgan fingerprint density at radius 3 is 2.52 bits per heavy atom. The van der Waals surface area contributed by atoms with E-state index >= 15 is 0 Å². The Bertz CT molecular complexity index is 901. The normalized spacial score (nSPS) is 16.7. The molecule has 2 amide bonds. The topological polar surface area (TPSA) is 53.0 Å². The average Bonchev–Trinajstić information content (AvgIpc) is 3.30. The molecule has 2 heterocycles. The number of carbonyl (C=O) groups excluding carboxylic acids is 2. The second kappa shape index (κ2) is 8.67. The second-order valence-electron chi connectivity index (χ2n) is 8.52. The number of hydrogen-bond donors (Lipinski definition) is 0. The fraction of sp³-hybridized carbons (Fsp3) is 0.409. The molecule has 154 valence electrons. The lowest BCUT2D eigenvalue weighted by Gasteiger charge is -2.26. The maximum Gasteiger partial charge on any atom is 0.262 e. The van der Waals surface area contributed by atoms with E-state index in [-0.39, 0.29) is 29.8 Å².